The molecule has 0 bridgehead atoms. The molecular formula is C11H15ClO. The van der Waals surface area contributed by atoms with Crippen LogP contribution < -0.4 is 4.74 Å². The van der Waals surface area contributed by atoms with E-state index >= 15 is 0 Å². The van der Waals surface area contributed by atoms with Crippen molar-refractivity contribution in [2.24, 2.45) is 0 Å². The van der Waals surface area contributed by atoms with E-state index in [0.29, 0.717) is 0 Å². The molecule has 0 fully saturated rings. The van der Waals surface area contributed by atoms with Gasteiger partial charge in [-0.05, 0) is 23.1 Å². The van der Waals surface area contributed by atoms with Crippen molar-refractivity contribution in [1.29, 1.82) is 0 Å². The fourth-order valence-electron chi connectivity index (χ4n) is 1.11. The third-order valence-corrected chi connectivity index (χ3v) is 2.05. The molecule has 2 heteroatoms. The van der Waals surface area contributed by atoms with Gasteiger partial charge in [0.05, 0.1) is 0 Å². The minimum absolute atomic E-state index is 0.194. The molecule has 0 aliphatic rings. The lowest BCUT2D eigenvalue weighted by Gasteiger charge is -2.18. The van der Waals surface area contributed by atoms with Crippen molar-refractivity contribution >= 4 is 11.6 Å². The third-order valence-electron chi connectivity index (χ3n) is 1.94. The van der Waals surface area contributed by atoms with Gasteiger partial charge in [-0.2, -0.15) is 0 Å². The largest absolute Gasteiger partial charge is 0.478 e. The number of hydrogen-bond donors (Lipinski definition) is 0. The predicted molar refractivity (Wildman–Crippen MR) is 56.5 cm³/mol. The summed E-state index contributed by atoms with van der Waals surface area (Å²) < 4.78 is 5.14. The van der Waals surface area contributed by atoms with Crippen molar-refractivity contribution in [3.05, 3.63) is 29.8 Å². The van der Waals surface area contributed by atoms with Crippen molar-refractivity contribution in [2.75, 3.05) is 6.07 Å². The van der Waals surface area contributed by atoms with Crippen LogP contribution in [0.2, 0.25) is 0 Å². The minimum Gasteiger partial charge on any atom is -0.478 e. The summed E-state index contributed by atoms with van der Waals surface area (Å²) in [7, 11) is 0. The van der Waals surface area contributed by atoms with E-state index in [4.69, 9.17) is 16.3 Å². The maximum absolute atomic E-state index is 5.44. The fraction of sp³-hybridized carbons (Fsp3) is 0.455. The summed E-state index contributed by atoms with van der Waals surface area (Å²) in [5.74, 6) is 0.822. The van der Waals surface area contributed by atoms with Crippen molar-refractivity contribution < 1.29 is 4.74 Å². The molecule has 0 amide bonds. The topological polar surface area (TPSA) is 9.23 Å². The third kappa shape index (κ3) is 2.92. The van der Waals surface area contributed by atoms with Gasteiger partial charge in [-0.25, -0.2) is 0 Å². The summed E-state index contributed by atoms with van der Waals surface area (Å²) in [5.41, 5.74) is 1.49. The van der Waals surface area contributed by atoms with Gasteiger partial charge < -0.3 is 4.74 Å². The molecular weight excluding hydrogens is 184 g/mol. The van der Waals surface area contributed by atoms with Gasteiger partial charge in [-0.15, -0.1) is 0 Å². The Bertz CT molecular complexity index is 258. The van der Waals surface area contributed by atoms with E-state index in [1.165, 1.54) is 5.56 Å². The number of halogens is 1. The van der Waals surface area contributed by atoms with Crippen molar-refractivity contribution in [2.45, 2.75) is 26.2 Å². The van der Waals surface area contributed by atoms with Crippen molar-refractivity contribution in [1.82, 2.24) is 0 Å². The first kappa shape index (κ1) is 10.4. The van der Waals surface area contributed by atoms with E-state index in [1.54, 1.807) is 0 Å². The van der Waals surface area contributed by atoms with E-state index in [2.05, 4.69) is 32.9 Å². The van der Waals surface area contributed by atoms with Crippen LogP contribution in [0.1, 0.15) is 26.3 Å². The summed E-state index contributed by atoms with van der Waals surface area (Å²) >= 11 is 5.44. The van der Waals surface area contributed by atoms with Gasteiger partial charge in [0.15, 0.2) is 6.07 Å². The molecule has 72 valence electrons. The van der Waals surface area contributed by atoms with Gasteiger partial charge in [0.25, 0.3) is 0 Å². The monoisotopic (exact) mass is 198 g/mol. The average Bonchev–Trinajstić information content (AvgIpc) is 2.04. The summed E-state index contributed by atoms with van der Waals surface area (Å²) in [6, 6.07) is 8.24. The van der Waals surface area contributed by atoms with Gasteiger partial charge in [0.1, 0.15) is 5.75 Å². The second kappa shape index (κ2) is 4.01. The first-order chi connectivity index (χ1) is 6.04. The molecule has 1 rings (SSSR count). The summed E-state index contributed by atoms with van der Waals surface area (Å²) in [4.78, 5) is 0. The highest BCUT2D eigenvalue weighted by atomic mass is 35.5. The molecule has 0 aromatic heterocycles. The maximum Gasteiger partial charge on any atom is 0.162 e. The van der Waals surface area contributed by atoms with E-state index in [1.807, 2.05) is 12.1 Å². The summed E-state index contributed by atoms with van der Waals surface area (Å²) in [6.07, 6.45) is 0. The van der Waals surface area contributed by atoms with E-state index in [9.17, 15) is 0 Å². The zero-order valence-electron chi connectivity index (χ0n) is 8.30. The predicted octanol–water partition coefficient (Wildman–Crippen LogP) is 3.56. The lowest BCUT2D eigenvalue weighted by atomic mass is 9.87. The Kier molecular flexibility index (Phi) is 3.21. The number of rotatable bonds is 2. The van der Waals surface area contributed by atoms with Crippen LogP contribution in [0.15, 0.2) is 24.3 Å². The van der Waals surface area contributed by atoms with Crippen LogP contribution >= 0.6 is 11.6 Å². The maximum atomic E-state index is 5.44. The highest BCUT2D eigenvalue weighted by Gasteiger charge is 2.12. The lowest BCUT2D eigenvalue weighted by Crippen LogP contribution is -2.10. The van der Waals surface area contributed by atoms with E-state index < -0.39 is 0 Å². The average molecular weight is 199 g/mol. The lowest BCUT2D eigenvalue weighted by molar-refractivity contribution is 0.387. The van der Waals surface area contributed by atoms with Gasteiger partial charge in [-0.1, -0.05) is 44.5 Å². The van der Waals surface area contributed by atoms with E-state index in [0.717, 1.165) is 5.75 Å². The second-order valence-corrected chi connectivity index (χ2v) is 4.25. The summed E-state index contributed by atoms with van der Waals surface area (Å²) in [6.45, 7) is 6.55. The molecule has 0 unspecified atom stereocenters. The molecule has 1 nitrogen and oxygen atoms in total. The van der Waals surface area contributed by atoms with Crippen LogP contribution in [0.4, 0.5) is 0 Å². The van der Waals surface area contributed by atoms with Crippen molar-refractivity contribution in [3.8, 4) is 5.75 Å². The molecule has 0 aliphatic carbocycles. The minimum atomic E-state index is 0.194. The second-order valence-electron chi connectivity index (χ2n) is 4.03. The Labute approximate surface area is 84.7 Å². The molecule has 0 radical (unpaired) electrons. The number of hydrogen-bond acceptors (Lipinski definition) is 1. The Hall–Kier alpha value is -0.690. The van der Waals surface area contributed by atoms with Crippen LogP contribution in [-0.2, 0) is 5.41 Å². The number of alkyl halides is 1. The molecule has 0 aliphatic heterocycles. The molecule has 0 saturated carbocycles. The van der Waals surface area contributed by atoms with Crippen molar-refractivity contribution in [3.63, 3.8) is 0 Å². The van der Waals surface area contributed by atoms with Gasteiger partial charge in [0, 0.05) is 0 Å². The molecule has 1 aromatic rings. The van der Waals surface area contributed by atoms with Gasteiger partial charge in [-0.3, -0.25) is 0 Å². The summed E-state index contributed by atoms with van der Waals surface area (Å²) in [5, 5.41) is 0. The first-order valence-corrected chi connectivity index (χ1v) is 4.87. The standard InChI is InChI=1S/C11H15ClO/c1-11(2,3)9-4-6-10(7-5-9)13-8-12/h4-7H,8H2,1-3H3. The van der Waals surface area contributed by atoms with Gasteiger partial charge in [0.2, 0.25) is 0 Å². The molecule has 0 atom stereocenters. The normalized spacial score (nSPS) is 11.4. The molecule has 0 N–H and O–H groups in total. The zero-order valence-corrected chi connectivity index (χ0v) is 9.06. The quantitative estimate of drug-likeness (QED) is 0.661. The first-order valence-electron chi connectivity index (χ1n) is 4.33. The highest BCUT2D eigenvalue weighted by molar-refractivity contribution is 6.17. The Morgan fingerprint density at radius 1 is 1.15 bits per heavy atom. The van der Waals surface area contributed by atoms with Crippen LogP contribution in [0, 0.1) is 0 Å². The number of benzene rings is 1. The fourth-order valence-corrected chi connectivity index (χ4v) is 1.24. The Morgan fingerprint density at radius 3 is 2.08 bits per heavy atom. The van der Waals surface area contributed by atoms with Crippen LogP contribution in [0.25, 0.3) is 0 Å². The molecule has 0 heterocycles. The van der Waals surface area contributed by atoms with Crippen LogP contribution in [0.3, 0.4) is 0 Å². The Morgan fingerprint density at radius 2 is 1.69 bits per heavy atom. The molecule has 13 heavy (non-hydrogen) atoms. The van der Waals surface area contributed by atoms with Crippen LogP contribution in [-0.4, -0.2) is 6.07 Å². The van der Waals surface area contributed by atoms with Gasteiger partial charge >= 0.3 is 0 Å². The van der Waals surface area contributed by atoms with E-state index in [-0.39, 0.29) is 11.5 Å². The highest BCUT2D eigenvalue weighted by Crippen LogP contribution is 2.24. The van der Waals surface area contributed by atoms with Crippen LogP contribution in [0.5, 0.6) is 5.75 Å². The Balaban J connectivity index is 2.81. The molecule has 0 saturated heterocycles. The smallest absolute Gasteiger partial charge is 0.162 e. The molecule has 0 spiro atoms. The number of ether oxygens (including phenoxy) is 1. The SMILES string of the molecule is CC(C)(C)c1ccc(OCCl)cc1. The zero-order chi connectivity index (χ0) is 9.90. The molecule has 1 aromatic carbocycles.